The Morgan fingerprint density at radius 2 is 2.24 bits per heavy atom. The van der Waals surface area contributed by atoms with Crippen molar-refractivity contribution in [2.24, 2.45) is 5.73 Å². The number of amides is 1. The summed E-state index contributed by atoms with van der Waals surface area (Å²) >= 11 is 0. The molecule has 0 spiro atoms. The first-order valence-corrected chi connectivity index (χ1v) is 5.77. The number of furan rings is 1. The van der Waals surface area contributed by atoms with Crippen LogP contribution in [0.3, 0.4) is 0 Å². The second-order valence-electron chi connectivity index (χ2n) is 4.12. The topological polar surface area (TPSA) is 62.7 Å². The van der Waals surface area contributed by atoms with Crippen LogP contribution < -0.4 is 5.73 Å². The lowest BCUT2D eigenvalue weighted by Gasteiger charge is -2.28. The Kier molecular flexibility index (Phi) is 5.18. The molecule has 5 nitrogen and oxygen atoms in total. The van der Waals surface area contributed by atoms with Crippen LogP contribution in [0.5, 0.6) is 0 Å². The van der Waals surface area contributed by atoms with Crippen LogP contribution >= 0.6 is 0 Å². The van der Waals surface area contributed by atoms with Crippen molar-refractivity contribution >= 4 is 5.91 Å². The molecular weight excluding hydrogens is 218 g/mol. The molecule has 0 aliphatic rings. The average Bonchev–Trinajstić information content (AvgIpc) is 2.81. The minimum atomic E-state index is -0.0427. The monoisotopic (exact) mass is 239 g/mol. The van der Waals surface area contributed by atoms with Crippen LogP contribution in [-0.2, 0) is 4.79 Å². The molecule has 1 aromatic rings. The molecule has 1 aromatic heterocycles. The van der Waals surface area contributed by atoms with E-state index in [0.29, 0.717) is 13.1 Å². The van der Waals surface area contributed by atoms with Gasteiger partial charge in [0.15, 0.2) is 0 Å². The molecule has 1 amide bonds. The minimum absolute atomic E-state index is 0.0427. The second kappa shape index (κ2) is 6.42. The predicted molar refractivity (Wildman–Crippen MR) is 66.4 cm³/mol. The maximum Gasteiger partial charge on any atom is 0.236 e. The van der Waals surface area contributed by atoms with Crippen molar-refractivity contribution in [2.45, 2.75) is 13.0 Å². The molecule has 0 aromatic carbocycles. The van der Waals surface area contributed by atoms with Crippen LogP contribution in [0.4, 0.5) is 0 Å². The average molecular weight is 239 g/mol. The number of hydrogen-bond acceptors (Lipinski definition) is 4. The van der Waals surface area contributed by atoms with E-state index in [2.05, 4.69) is 0 Å². The van der Waals surface area contributed by atoms with Crippen molar-refractivity contribution in [1.82, 2.24) is 9.80 Å². The summed E-state index contributed by atoms with van der Waals surface area (Å²) in [6.07, 6.45) is 1.62. The lowest BCUT2D eigenvalue weighted by Crippen LogP contribution is -2.41. The van der Waals surface area contributed by atoms with Gasteiger partial charge in [-0.15, -0.1) is 0 Å². The first-order valence-electron chi connectivity index (χ1n) is 5.77. The van der Waals surface area contributed by atoms with Gasteiger partial charge >= 0.3 is 0 Å². The SMILES string of the molecule is CCN(CC(=O)N(C)C)C(CN)c1ccco1. The van der Waals surface area contributed by atoms with Crippen molar-refractivity contribution in [3.63, 3.8) is 0 Å². The molecule has 0 saturated heterocycles. The number of hydrogen-bond donors (Lipinski definition) is 1. The van der Waals surface area contributed by atoms with Crippen LogP contribution in [-0.4, -0.2) is 49.4 Å². The van der Waals surface area contributed by atoms with Crippen molar-refractivity contribution in [3.05, 3.63) is 24.2 Å². The molecule has 1 unspecified atom stereocenters. The highest BCUT2D eigenvalue weighted by Gasteiger charge is 2.22. The Balaban J connectivity index is 2.74. The maximum atomic E-state index is 11.7. The Morgan fingerprint density at radius 3 is 2.65 bits per heavy atom. The summed E-state index contributed by atoms with van der Waals surface area (Å²) in [7, 11) is 3.50. The van der Waals surface area contributed by atoms with Gasteiger partial charge in [0.05, 0.1) is 18.8 Å². The normalized spacial score (nSPS) is 12.8. The highest BCUT2D eigenvalue weighted by atomic mass is 16.3. The molecule has 2 N–H and O–H groups in total. The van der Waals surface area contributed by atoms with E-state index in [1.54, 1.807) is 25.3 Å². The molecule has 1 heterocycles. The number of likely N-dealkylation sites (N-methyl/N-ethyl adjacent to an activating group) is 2. The standard InChI is InChI=1S/C12H21N3O2/c1-4-15(9-12(16)14(2)3)10(8-13)11-6-5-7-17-11/h5-7,10H,4,8-9,13H2,1-3H3. The lowest BCUT2D eigenvalue weighted by molar-refractivity contribution is -0.130. The Hall–Kier alpha value is -1.33. The quantitative estimate of drug-likeness (QED) is 0.793. The van der Waals surface area contributed by atoms with Gasteiger partial charge in [0.25, 0.3) is 0 Å². The van der Waals surface area contributed by atoms with E-state index in [9.17, 15) is 4.79 Å². The van der Waals surface area contributed by atoms with Gasteiger partial charge in [0, 0.05) is 20.6 Å². The van der Waals surface area contributed by atoms with Gasteiger partial charge in [-0.05, 0) is 18.7 Å². The zero-order valence-electron chi connectivity index (χ0n) is 10.7. The Bertz CT molecular complexity index is 336. The molecule has 96 valence electrons. The van der Waals surface area contributed by atoms with Gasteiger partial charge in [-0.1, -0.05) is 6.92 Å². The van der Waals surface area contributed by atoms with E-state index in [0.717, 1.165) is 12.3 Å². The molecule has 0 aliphatic carbocycles. The minimum Gasteiger partial charge on any atom is -0.468 e. The smallest absolute Gasteiger partial charge is 0.236 e. The van der Waals surface area contributed by atoms with Gasteiger partial charge in [-0.25, -0.2) is 0 Å². The van der Waals surface area contributed by atoms with Crippen molar-refractivity contribution in [2.75, 3.05) is 33.7 Å². The highest BCUT2D eigenvalue weighted by Crippen LogP contribution is 2.19. The van der Waals surface area contributed by atoms with E-state index in [-0.39, 0.29) is 11.9 Å². The molecule has 1 atom stereocenters. The number of carbonyl (C=O) groups excluding carboxylic acids is 1. The van der Waals surface area contributed by atoms with Gasteiger partial charge in [0.2, 0.25) is 5.91 Å². The fraction of sp³-hybridized carbons (Fsp3) is 0.583. The summed E-state index contributed by atoms with van der Waals surface area (Å²) in [4.78, 5) is 15.3. The summed E-state index contributed by atoms with van der Waals surface area (Å²) in [5.74, 6) is 0.873. The van der Waals surface area contributed by atoms with Crippen molar-refractivity contribution < 1.29 is 9.21 Å². The van der Waals surface area contributed by atoms with Crippen LogP contribution in [0, 0.1) is 0 Å². The van der Waals surface area contributed by atoms with Crippen LogP contribution in [0.15, 0.2) is 22.8 Å². The molecular formula is C12H21N3O2. The van der Waals surface area contributed by atoms with Crippen molar-refractivity contribution in [3.8, 4) is 0 Å². The Morgan fingerprint density at radius 1 is 1.53 bits per heavy atom. The fourth-order valence-corrected chi connectivity index (χ4v) is 1.68. The summed E-state index contributed by atoms with van der Waals surface area (Å²) in [6.45, 7) is 3.55. The van der Waals surface area contributed by atoms with Crippen LogP contribution in [0.1, 0.15) is 18.7 Å². The predicted octanol–water partition coefficient (Wildman–Crippen LogP) is 0.690. The van der Waals surface area contributed by atoms with E-state index in [1.807, 2.05) is 24.0 Å². The van der Waals surface area contributed by atoms with Gasteiger partial charge in [-0.2, -0.15) is 0 Å². The second-order valence-corrected chi connectivity index (χ2v) is 4.12. The molecule has 0 aliphatic heterocycles. The molecule has 1 rings (SSSR count). The van der Waals surface area contributed by atoms with Gasteiger partial charge < -0.3 is 15.1 Å². The first-order chi connectivity index (χ1) is 8.10. The summed E-state index contributed by atoms with van der Waals surface area (Å²) in [5, 5.41) is 0. The molecule has 0 fully saturated rings. The van der Waals surface area contributed by atoms with Gasteiger partial charge in [0.1, 0.15) is 5.76 Å². The van der Waals surface area contributed by atoms with Crippen molar-refractivity contribution in [1.29, 1.82) is 0 Å². The lowest BCUT2D eigenvalue weighted by atomic mass is 10.2. The third-order valence-corrected chi connectivity index (χ3v) is 2.78. The molecule has 5 heteroatoms. The number of nitrogens with zero attached hydrogens (tertiary/aromatic N) is 2. The molecule has 0 radical (unpaired) electrons. The highest BCUT2D eigenvalue weighted by molar-refractivity contribution is 5.77. The third kappa shape index (κ3) is 3.57. The summed E-state index contributed by atoms with van der Waals surface area (Å²) < 4.78 is 5.36. The van der Waals surface area contributed by atoms with Crippen LogP contribution in [0.25, 0.3) is 0 Å². The largest absolute Gasteiger partial charge is 0.468 e. The third-order valence-electron chi connectivity index (χ3n) is 2.78. The van der Waals surface area contributed by atoms with E-state index >= 15 is 0 Å². The van der Waals surface area contributed by atoms with Crippen LogP contribution in [0.2, 0.25) is 0 Å². The maximum absolute atomic E-state index is 11.7. The fourth-order valence-electron chi connectivity index (χ4n) is 1.68. The van der Waals surface area contributed by atoms with Gasteiger partial charge in [-0.3, -0.25) is 9.69 Å². The summed E-state index contributed by atoms with van der Waals surface area (Å²) in [5.41, 5.74) is 5.77. The zero-order chi connectivity index (χ0) is 12.8. The van der Waals surface area contributed by atoms with E-state index < -0.39 is 0 Å². The number of rotatable bonds is 6. The van der Waals surface area contributed by atoms with E-state index in [1.165, 1.54) is 0 Å². The van der Waals surface area contributed by atoms with E-state index in [4.69, 9.17) is 10.2 Å². The Labute approximate surface area is 102 Å². The zero-order valence-corrected chi connectivity index (χ0v) is 10.7. The first kappa shape index (κ1) is 13.7. The number of carbonyl (C=O) groups is 1. The molecule has 0 bridgehead atoms. The number of nitrogens with two attached hydrogens (primary N) is 1. The molecule has 0 saturated carbocycles. The molecule has 17 heavy (non-hydrogen) atoms. The summed E-state index contributed by atoms with van der Waals surface area (Å²) in [6, 6.07) is 3.68.